The van der Waals surface area contributed by atoms with Crippen LogP contribution in [-0.4, -0.2) is 40.6 Å². The summed E-state index contributed by atoms with van der Waals surface area (Å²) < 4.78 is 38.7. The molecular formula is C22H21F3N2O2. The number of benzene rings is 1. The molecule has 0 atom stereocenters. The topological polar surface area (TPSA) is 53.4 Å². The van der Waals surface area contributed by atoms with Gasteiger partial charge in [0.25, 0.3) is 0 Å². The first-order valence-electron chi connectivity index (χ1n) is 9.31. The zero-order valence-corrected chi connectivity index (χ0v) is 15.7. The summed E-state index contributed by atoms with van der Waals surface area (Å²) in [5, 5.41) is 8.81. The van der Waals surface area contributed by atoms with Gasteiger partial charge in [-0.3, -0.25) is 4.90 Å². The van der Waals surface area contributed by atoms with Gasteiger partial charge in [-0.25, -0.2) is 9.78 Å². The van der Waals surface area contributed by atoms with E-state index in [-0.39, 0.29) is 0 Å². The third-order valence-corrected chi connectivity index (χ3v) is 4.72. The Labute approximate surface area is 167 Å². The minimum Gasteiger partial charge on any atom is -0.478 e. The van der Waals surface area contributed by atoms with Crippen molar-refractivity contribution in [2.75, 3.05) is 19.6 Å². The van der Waals surface area contributed by atoms with Gasteiger partial charge < -0.3 is 5.11 Å². The highest BCUT2D eigenvalue weighted by molar-refractivity contribution is 5.85. The molecule has 152 valence electrons. The molecule has 1 N–H and O–H groups in total. The standard InChI is InChI=1S/C22H21F3N2O2/c23-22(24,25)17-8-6-16(7-9-17)19(12-15-27-13-1-2-14-27)20-5-3-4-18(26-20)10-11-21(28)29/h3-12H,1-2,13-15H2,(H,28,29)/b11-10+,19-12+. The normalized spacial score (nSPS) is 15.9. The second-order valence-electron chi connectivity index (χ2n) is 6.82. The Morgan fingerprint density at radius 2 is 1.79 bits per heavy atom. The van der Waals surface area contributed by atoms with Crippen LogP contribution in [0.5, 0.6) is 0 Å². The highest BCUT2D eigenvalue weighted by Gasteiger charge is 2.30. The van der Waals surface area contributed by atoms with E-state index in [0.29, 0.717) is 23.5 Å². The van der Waals surface area contributed by atoms with Gasteiger partial charge in [-0.05, 0) is 61.8 Å². The third kappa shape index (κ3) is 5.77. The second-order valence-corrected chi connectivity index (χ2v) is 6.82. The van der Waals surface area contributed by atoms with Crippen molar-refractivity contribution in [3.63, 3.8) is 0 Å². The summed E-state index contributed by atoms with van der Waals surface area (Å²) in [6, 6.07) is 10.2. The highest BCUT2D eigenvalue weighted by Crippen LogP contribution is 2.31. The van der Waals surface area contributed by atoms with Crippen LogP contribution in [0.3, 0.4) is 0 Å². The number of hydrogen-bond donors (Lipinski definition) is 1. The summed E-state index contributed by atoms with van der Waals surface area (Å²) in [5.41, 5.74) is 1.69. The summed E-state index contributed by atoms with van der Waals surface area (Å²) in [6.07, 6.45) is 2.24. The van der Waals surface area contributed by atoms with Gasteiger partial charge in [0.05, 0.1) is 17.0 Å². The Hall–Kier alpha value is -2.93. The van der Waals surface area contributed by atoms with Gasteiger partial charge in [0.1, 0.15) is 0 Å². The zero-order valence-electron chi connectivity index (χ0n) is 15.7. The molecule has 0 saturated carbocycles. The lowest BCUT2D eigenvalue weighted by Crippen LogP contribution is -2.19. The van der Waals surface area contributed by atoms with Crippen molar-refractivity contribution in [2.45, 2.75) is 19.0 Å². The number of hydrogen-bond acceptors (Lipinski definition) is 3. The molecule has 1 aromatic carbocycles. The molecule has 0 aliphatic carbocycles. The van der Waals surface area contributed by atoms with Gasteiger partial charge in [0.2, 0.25) is 0 Å². The Morgan fingerprint density at radius 1 is 1.10 bits per heavy atom. The SMILES string of the molecule is O=C(O)/C=C/c1cccc(/C(=C/CN2CCCC2)c2ccc(C(F)(F)F)cc2)n1. The van der Waals surface area contributed by atoms with Gasteiger partial charge in [0, 0.05) is 18.2 Å². The van der Waals surface area contributed by atoms with Gasteiger partial charge >= 0.3 is 12.1 Å². The van der Waals surface area contributed by atoms with Gasteiger partial charge in [-0.2, -0.15) is 13.2 Å². The number of aromatic nitrogens is 1. The van der Waals surface area contributed by atoms with Crippen molar-refractivity contribution in [3.05, 3.63) is 77.1 Å². The molecule has 1 aliphatic rings. The maximum absolute atomic E-state index is 12.9. The molecule has 0 unspecified atom stereocenters. The van der Waals surface area contributed by atoms with Crippen molar-refractivity contribution < 1.29 is 23.1 Å². The number of carboxylic acids is 1. The van der Waals surface area contributed by atoms with Crippen LogP contribution in [0.15, 0.2) is 54.6 Å². The fourth-order valence-electron chi connectivity index (χ4n) is 3.25. The molecule has 3 rings (SSSR count). The average molecular weight is 402 g/mol. The van der Waals surface area contributed by atoms with Crippen LogP contribution in [0.4, 0.5) is 13.2 Å². The summed E-state index contributed by atoms with van der Waals surface area (Å²) in [5.74, 6) is -1.08. The first-order chi connectivity index (χ1) is 13.8. The Morgan fingerprint density at radius 3 is 2.41 bits per heavy atom. The fraction of sp³-hybridized carbons (Fsp3) is 0.273. The average Bonchev–Trinajstić information content (AvgIpc) is 3.20. The lowest BCUT2D eigenvalue weighted by Gasteiger charge is -2.15. The van der Waals surface area contributed by atoms with E-state index in [2.05, 4.69) is 9.88 Å². The van der Waals surface area contributed by atoms with E-state index < -0.39 is 17.7 Å². The van der Waals surface area contributed by atoms with E-state index in [4.69, 9.17) is 5.11 Å². The highest BCUT2D eigenvalue weighted by atomic mass is 19.4. The van der Waals surface area contributed by atoms with Gasteiger partial charge in [-0.15, -0.1) is 0 Å². The van der Waals surface area contributed by atoms with Crippen molar-refractivity contribution in [1.82, 2.24) is 9.88 Å². The predicted molar refractivity (Wildman–Crippen MR) is 105 cm³/mol. The number of carbonyl (C=O) groups is 1. The molecule has 1 saturated heterocycles. The van der Waals surface area contributed by atoms with Crippen molar-refractivity contribution >= 4 is 17.6 Å². The molecular weight excluding hydrogens is 381 g/mol. The first-order valence-corrected chi connectivity index (χ1v) is 9.31. The molecule has 29 heavy (non-hydrogen) atoms. The summed E-state index contributed by atoms with van der Waals surface area (Å²) in [7, 11) is 0. The number of halogens is 3. The lowest BCUT2D eigenvalue weighted by molar-refractivity contribution is -0.137. The molecule has 1 aromatic heterocycles. The van der Waals surface area contributed by atoms with Crippen molar-refractivity contribution in [1.29, 1.82) is 0 Å². The number of likely N-dealkylation sites (tertiary alicyclic amines) is 1. The number of alkyl halides is 3. The van der Waals surface area contributed by atoms with Crippen LogP contribution in [-0.2, 0) is 11.0 Å². The smallest absolute Gasteiger partial charge is 0.416 e. The molecule has 0 spiro atoms. The van der Waals surface area contributed by atoms with Crippen LogP contribution < -0.4 is 0 Å². The summed E-state index contributed by atoms with van der Waals surface area (Å²) in [4.78, 5) is 17.5. The van der Waals surface area contributed by atoms with E-state index in [1.54, 1.807) is 18.2 Å². The van der Waals surface area contributed by atoms with Crippen LogP contribution in [0.25, 0.3) is 11.6 Å². The molecule has 2 heterocycles. The van der Waals surface area contributed by atoms with E-state index in [0.717, 1.165) is 49.7 Å². The number of pyridine rings is 1. The largest absolute Gasteiger partial charge is 0.478 e. The number of aliphatic carboxylic acids is 1. The van der Waals surface area contributed by atoms with Crippen molar-refractivity contribution in [2.24, 2.45) is 0 Å². The minimum atomic E-state index is -4.39. The van der Waals surface area contributed by atoms with Crippen LogP contribution in [0.2, 0.25) is 0 Å². The zero-order chi connectivity index (χ0) is 20.9. The molecule has 0 bridgehead atoms. The third-order valence-electron chi connectivity index (χ3n) is 4.72. The van der Waals surface area contributed by atoms with Gasteiger partial charge in [0.15, 0.2) is 0 Å². The van der Waals surface area contributed by atoms with E-state index in [1.165, 1.54) is 18.2 Å². The van der Waals surface area contributed by atoms with E-state index >= 15 is 0 Å². The number of carboxylic acid groups (broad SMARTS) is 1. The molecule has 1 aliphatic heterocycles. The number of nitrogens with zero attached hydrogens (tertiary/aromatic N) is 2. The van der Waals surface area contributed by atoms with Gasteiger partial charge in [-0.1, -0.05) is 24.3 Å². The minimum absolute atomic E-state index is 0.462. The van der Waals surface area contributed by atoms with Crippen molar-refractivity contribution in [3.8, 4) is 0 Å². The van der Waals surface area contributed by atoms with Crippen LogP contribution in [0.1, 0.15) is 35.4 Å². The fourth-order valence-corrected chi connectivity index (χ4v) is 3.25. The first kappa shape index (κ1) is 20.8. The quantitative estimate of drug-likeness (QED) is 0.710. The van der Waals surface area contributed by atoms with Crippen LogP contribution >= 0.6 is 0 Å². The molecule has 1 fully saturated rings. The molecule has 0 amide bonds. The molecule has 0 radical (unpaired) electrons. The van der Waals surface area contributed by atoms with Crippen LogP contribution in [0, 0.1) is 0 Å². The number of rotatable bonds is 6. The maximum atomic E-state index is 12.9. The van der Waals surface area contributed by atoms with E-state index in [9.17, 15) is 18.0 Å². The maximum Gasteiger partial charge on any atom is 0.416 e. The summed E-state index contributed by atoms with van der Waals surface area (Å²) >= 11 is 0. The molecule has 2 aromatic rings. The molecule has 4 nitrogen and oxygen atoms in total. The van der Waals surface area contributed by atoms with E-state index in [1.807, 2.05) is 6.08 Å². The monoisotopic (exact) mass is 402 g/mol. The Kier molecular flexibility index (Phi) is 6.49. The molecule has 7 heteroatoms. The summed E-state index contributed by atoms with van der Waals surface area (Å²) in [6.45, 7) is 2.66. The predicted octanol–water partition coefficient (Wildman–Crippen LogP) is 4.73. The Bertz CT molecular complexity index is 912. The lowest BCUT2D eigenvalue weighted by atomic mass is 9.99. The Balaban J connectivity index is 1.96. The second kappa shape index (κ2) is 9.05.